The lowest BCUT2D eigenvalue weighted by atomic mass is 10.1. The van der Waals surface area contributed by atoms with Crippen LogP contribution in [0.4, 0.5) is 26.3 Å². The SMILES string of the molecule is C/C(=C\[C@@H](Cc1ccc(-c2ccc(C(F)(F)F)cc2)nc1)Sc1ccc(OCC(=O)O)c(C)c1)NC(S)c1ccc(C(F)(F)F)cc1. The second-order valence-corrected chi connectivity index (χ2v) is 12.4. The monoisotopic (exact) mass is 692 g/mol. The lowest BCUT2D eigenvalue weighted by molar-refractivity contribution is -0.139. The number of aromatic nitrogens is 1. The summed E-state index contributed by atoms with van der Waals surface area (Å²) in [5.41, 5.74) is 2.43. The molecule has 0 spiro atoms. The third kappa shape index (κ3) is 10.4. The van der Waals surface area contributed by atoms with Crippen LogP contribution in [0, 0.1) is 6.92 Å². The number of pyridine rings is 1. The van der Waals surface area contributed by atoms with Gasteiger partial charge in [0.1, 0.15) is 5.75 Å². The number of rotatable bonds is 12. The van der Waals surface area contributed by atoms with Crippen molar-refractivity contribution in [1.82, 2.24) is 10.3 Å². The zero-order chi connectivity index (χ0) is 34.4. The fourth-order valence-electron chi connectivity index (χ4n) is 4.56. The van der Waals surface area contributed by atoms with Gasteiger partial charge in [-0.1, -0.05) is 36.4 Å². The highest BCUT2D eigenvalue weighted by Gasteiger charge is 2.31. The minimum atomic E-state index is -4.44. The van der Waals surface area contributed by atoms with E-state index in [4.69, 9.17) is 9.84 Å². The number of aryl methyl sites for hydroxylation is 1. The zero-order valence-corrected chi connectivity index (χ0v) is 26.8. The van der Waals surface area contributed by atoms with E-state index in [0.717, 1.165) is 46.0 Å². The van der Waals surface area contributed by atoms with Gasteiger partial charge in [-0.15, -0.1) is 24.4 Å². The number of thiol groups is 1. The second kappa shape index (κ2) is 15.2. The first-order valence-electron chi connectivity index (χ1n) is 14.1. The van der Waals surface area contributed by atoms with E-state index >= 15 is 0 Å². The largest absolute Gasteiger partial charge is 0.482 e. The van der Waals surface area contributed by atoms with Crippen molar-refractivity contribution >= 4 is 30.4 Å². The van der Waals surface area contributed by atoms with Crippen molar-refractivity contribution in [2.24, 2.45) is 0 Å². The fourth-order valence-corrected chi connectivity index (χ4v) is 6.23. The standard InChI is InChI=1S/C34H30F6N2O3S2/c1-20-15-27(12-14-30(20)45-19-31(43)44)47-28(16-21(2)42-32(46)24-6-10-26(11-7-24)34(38,39)40)17-22-3-13-29(41-18-22)23-4-8-25(9-5-23)33(35,36)37/h3-16,18,28,32,42,46H,17,19H2,1-2H3,(H,43,44)/b21-16+/t28-,32?/m0/s1. The molecular weight excluding hydrogens is 663 g/mol. The average molecular weight is 693 g/mol. The molecule has 13 heteroatoms. The maximum absolute atomic E-state index is 13.0. The van der Waals surface area contributed by atoms with Gasteiger partial charge < -0.3 is 15.2 Å². The van der Waals surface area contributed by atoms with Crippen LogP contribution in [0.25, 0.3) is 11.3 Å². The molecule has 0 bridgehead atoms. The van der Waals surface area contributed by atoms with Gasteiger partial charge in [0.15, 0.2) is 6.61 Å². The number of halogens is 6. The van der Waals surface area contributed by atoms with E-state index in [9.17, 15) is 31.1 Å². The molecule has 248 valence electrons. The Balaban J connectivity index is 1.54. The summed E-state index contributed by atoms with van der Waals surface area (Å²) < 4.78 is 83.2. The Kier molecular flexibility index (Phi) is 11.6. The molecular formula is C34H30F6N2O3S2. The minimum absolute atomic E-state index is 0.181. The highest BCUT2D eigenvalue weighted by Crippen LogP contribution is 2.34. The number of carbonyl (C=O) groups is 1. The van der Waals surface area contributed by atoms with Gasteiger partial charge in [-0.25, -0.2) is 4.79 Å². The number of alkyl halides is 6. The molecule has 4 rings (SSSR count). The zero-order valence-electron chi connectivity index (χ0n) is 25.1. The van der Waals surface area contributed by atoms with Crippen molar-refractivity contribution in [3.05, 3.63) is 125 Å². The molecule has 1 heterocycles. The number of ether oxygens (including phenoxy) is 1. The van der Waals surface area contributed by atoms with Gasteiger partial charge >= 0.3 is 18.3 Å². The van der Waals surface area contributed by atoms with Gasteiger partial charge in [-0.2, -0.15) is 26.3 Å². The number of benzene rings is 3. The van der Waals surface area contributed by atoms with E-state index in [1.165, 1.54) is 36.0 Å². The first-order valence-corrected chi connectivity index (χ1v) is 15.5. The van der Waals surface area contributed by atoms with E-state index in [1.807, 2.05) is 31.2 Å². The Hall–Kier alpha value is -4.10. The number of carboxylic acid groups (broad SMARTS) is 1. The van der Waals surface area contributed by atoms with Crippen LogP contribution in [0.5, 0.6) is 5.75 Å². The predicted molar refractivity (Wildman–Crippen MR) is 172 cm³/mol. The topological polar surface area (TPSA) is 71.5 Å². The number of allylic oxidation sites excluding steroid dienone is 1. The van der Waals surface area contributed by atoms with Crippen LogP contribution >= 0.6 is 24.4 Å². The van der Waals surface area contributed by atoms with Crippen molar-refractivity contribution in [2.45, 2.75) is 48.1 Å². The summed E-state index contributed by atoms with van der Waals surface area (Å²) in [6.07, 6.45) is -4.75. The Morgan fingerprint density at radius 2 is 1.57 bits per heavy atom. The average Bonchev–Trinajstić information content (AvgIpc) is 3.00. The third-order valence-electron chi connectivity index (χ3n) is 6.91. The molecule has 0 saturated heterocycles. The molecule has 5 nitrogen and oxygen atoms in total. The van der Waals surface area contributed by atoms with Crippen molar-refractivity contribution in [3.8, 4) is 17.0 Å². The predicted octanol–water partition coefficient (Wildman–Crippen LogP) is 9.38. The molecule has 0 aliphatic heterocycles. The molecule has 0 saturated carbocycles. The molecule has 1 unspecified atom stereocenters. The molecule has 0 radical (unpaired) electrons. The fraction of sp³-hybridized carbons (Fsp3) is 0.235. The van der Waals surface area contributed by atoms with Gasteiger partial charge in [-0.05, 0) is 85.5 Å². The van der Waals surface area contributed by atoms with Crippen LogP contribution in [0.15, 0.2) is 102 Å². The van der Waals surface area contributed by atoms with Gasteiger partial charge in [0.2, 0.25) is 0 Å². The smallest absolute Gasteiger partial charge is 0.416 e. The lowest BCUT2D eigenvalue weighted by Crippen LogP contribution is -2.17. The molecule has 0 aliphatic carbocycles. The molecule has 0 fully saturated rings. The molecule has 0 aliphatic rings. The van der Waals surface area contributed by atoms with Gasteiger partial charge in [-0.3, -0.25) is 4.98 Å². The van der Waals surface area contributed by atoms with Gasteiger partial charge in [0.25, 0.3) is 0 Å². The number of aliphatic carboxylic acids is 1. The Bertz CT molecular complexity index is 1690. The highest BCUT2D eigenvalue weighted by atomic mass is 32.2. The summed E-state index contributed by atoms with van der Waals surface area (Å²) in [6, 6.07) is 18.5. The lowest BCUT2D eigenvalue weighted by Gasteiger charge is -2.19. The molecule has 2 atom stereocenters. The number of thioether (sulfide) groups is 1. The van der Waals surface area contributed by atoms with Gasteiger partial charge in [0, 0.05) is 27.6 Å². The first-order chi connectivity index (χ1) is 22.1. The maximum Gasteiger partial charge on any atom is 0.416 e. The summed E-state index contributed by atoms with van der Waals surface area (Å²) >= 11 is 6.06. The van der Waals surface area contributed by atoms with Crippen molar-refractivity contribution < 1.29 is 41.0 Å². The molecule has 4 aromatic rings. The molecule has 0 amide bonds. The number of nitrogens with one attached hydrogen (secondary N) is 1. The van der Waals surface area contributed by atoms with Crippen molar-refractivity contribution in [3.63, 3.8) is 0 Å². The first kappa shape index (κ1) is 35.7. The van der Waals surface area contributed by atoms with Crippen LogP contribution in [0.1, 0.15) is 40.1 Å². The highest BCUT2D eigenvalue weighted by molar-refractivity contribution is 8.00. The Morgan fingerprint density at radius 3 is 2.11 bits per heavy atom. The Labute approximate surface area is 277 Å². The summed E-state index contributed by atoms with van der Waals surface area (Å²) in [4.78, 5) is 16.3. The van der Waals surface area contributed by atoms with Crippen LogP contribution in [0.2, 0.25) is 0 Å². The third-order valence-corrected chi connectivity index (χ3v) is 8.47. The van der Waals surface area contributed by atoms with E-state index in [1.54, 1.807) is 25.3 Å². The summed E-state index contributed by atoms with van der Waals surface area (Å²) in [5, 5.41) is 11.4. The van der Waals surface area contributed by atoms with Crippen LogP contribution < -0.4 is 10.1 Å². The molecule has 47 heavy (non-hydrogen) atoms. The molecule has 2 N–H and O–H groups in total. The second-order valence-electron chi connectivity index (χ2n) is 10.6. The minimum Gasteiger partial charge on any atom is -0.482 e. The normalized spacial score (nSPS) is 13.6. The van der Waals surface area contributed by atoms with E-state index < -0.39 is 41.4 Å². The van der Waals surface area contributed by atoms with E-state index in [2.05, 4.69) is 22.9 Å². The van der Waals surface area contributed by atoms with E-state index in [0.29, 0.717) is 29.0 Å². The quantitative estimate of drug-likeness (QED) is 0.0595. The number of nitrogens with zero attached hydrogens (tertiary/aromatic N) is 1. The number of hydrogen-bond acceptors (Lipinski definition) is 6. The summed E-state index contributed by atoms with van der Waals surface area (Å²) in [7, 11) is 0. The molecule has 3 aromatic carbocycles. The van der Waals surface area contributed by atoms with Crippen molar-refractivity contribution in [1.29, 1.82) is 0 Å². The summed E-state index contributed by atoms with van der Waals surface area (Å²) in [6.45, 7) is 3.15. The van der Waals surface area contributed by atoms with Crippen molar-refractivity contribution in [2.75, 3.05) is 6.61 Å². The van der Waals surface area contributed by atoms with E-state index in [-0.39, 0.29) is 5.25 Å². The Morgan fingerprint density at radius 1 is 0.957 bits per heavy atom. The van der Waals surface area contributed by atoms with Crippen LogP contribution in [0.3, 0.4) is 0 Å². The van der Waals surface area contributed by atoms with Gasteiger partial charge in [0.05, 0.1) is 22.2 Å². The maximum atomic E-state index is 13.0. The molecule has 1 aromatic heterocycles. The van der Waals surface area contributed by atoms with Crippen LogP contribution in [-0.4, -0.2) is 27.9 Å². The number of hydrogen-bond donors (Lipinski definition) is 3. The number of carboxylic acids is 1. The summed E-state index contributed by atoms with van der Waals surface area (Å²) in [5.74, 6) is -0.646. The van der Waals surface area contributed by atoms with Crippen LogP contribution in [-0.2, 0) is 23.6 Å².